The van der Waals surface area contributed by atoms with E-state index in [2.05, 4.69) is 22.0 Å². The zero-order valence-corrected chi connectivity index (χ0v) is 9.95. The van der Waals surface area contributed by atoms with Gasteiger partial charge in [0.1, 0.15) is 5.84 Å². The molecule has 0 unspecified atom stereocenters. The molecule has 0 radical (unpaired) electrons. The number of methoxy groups -OCH3 is 1. The first-order valence-corrected chi connectivity index (χ1v) is 5.67. The topological polar surface area (TPSA) is 33.6 Å². The zero-order chi connectivity index (χ0) is 11.4. The van der Waals surface area contributed by atoms with Crippen molar-refractivity contribution < 1.29 is 4.74 Å². The molecule has 1 heterocycles. The number of rotatable bonds is 3. The van der Waals surface area contributed by atoms with Crippen molar-refractivity contribution >= 4 is 17.6 Å². The average Bonchev–Trinajstić information content (AvgIpc) is 2.74. The molecule has 2 rings (SSSR count). The van der Waals surface area contributed by atoms with Crippen LogP contribution in [0.25, 0.3) is 0 Å². The highest BCUT2D eigenvalue weighted by Crippen LogP contribution is 2.30. The first-order chi connectivity index (χ1) is 7.86. The van der Waals surface area contributed by atoms with Crippen molar-refractivity contribution in [3.8, 4) is 0 Å². The van der Waals surface area contributed by atoms with Crippen LogP contribution in [0.15, 0.2) is 34.8 Å². The highest BCUT2D eigenvalue weighted by atomic mass is 35.5. The Bertz CT molecular complexity index is 367. The minimum Gasteiger partial charge on any atom is -0.384 e. The van der Waals surface area contributed by atoms with E-state index >= 15 is 0 Å². The molecule has 1 N–H and O–H groups in total. The van der Waals surface area contributed by atoms with E-state index in [1.807, 2.05) is 18.2 Å². The highest BCUT2D eigenvalue weighted by Gasteiger charge is 2.33. The van der Waals surface area contributed by atoms with Gasteiger partial charge in [0.05, 0.1) is 6.61 Å². The molecule has 16 heavy (non-hydrogen) atoms. The molecule has 3 nitrogen and oxygen atoms in total. The summed E-state index contributed by atoms with van der Waals surface area (Å²) in [6, 6.07) is 10.3. The number of amidine groups is 1. The summed E-state index contributed by atoms with van der Waals surface area (Å²) < 4.78 is 9.03. The van der Waals surface area contributed by atoms with Crippen molar-refractivity contribution in [1.82, 2.24) is 5.32 Å². The molecule has 0 saturated carbocycles. The van der Waals surface area contributed by atoms with Crippen LogP contribution in [-0.4, -0.2) is 26.1 Å². The van der Waals surface area contributed by atoms with Crippen molar-refractivity contribution in [2.75, 3.05) is 20.3 Å². The van der Waals surface area contributed by atoms with Crippen molar-refractivity contribution in [3.05, 3.63) is 35.9 Å². The number of benzene rings is 1. The van der Waals surface area contributed by atoms with E-state index in [-0.39, 0.29) is 5.92 Å². The fourth-order valence-corrected chi connectivity index (χ4v) is 2.39. The third kappa shape index (κ3) is 2.20. The summed E-state index contributed by atoms with van der Waals surface area (Å²) in [5.41, 5.74) is 1.23. The average molecular weight is 239 g/mol. The largest absolute Gasteiger partial charge is 0.384 e. The summed E-state index contributed by atoms with van der Waals surface area (Å²) in [6.45, 7) is 1.57. The SMILES string of the molecule is COC[C@H]1CN/C(=N\Cl)[C@@H]1c1ccccc1. The van der Waals surface area contributed by atoms with Gasteiger partial charge in [0.15, 0.2) is 0 Å². The van der Waals surface area contributed by atoms with Gasteiger partial charge >= 0.3 is 0 Å². The van der Waals surface area contributed by atoms with Gasteiger partial charge in [0.2, 0.25) is 0 Å². The van der Waals surface area contributed by atoms with E-state index in [0.29, 0.717) is 12.5 Å². The van der Waals surface area contributed by atoms with Gasteiger partial charge < -0.3 is 10.1 Å². The van der Waals surface area contributed by atoms with Gasteiger partial charge in [-0.15, -0.1) is 0 Å². The van der Waals surface area contributed by atoms with E-state index in [1.54, 1.807) is 7.11 Å². The quantitative estimate of drug-likeness (QED) is 0.876. The van der Waals surface area contributed by atoms with Gasteiger partial charge in [-0.25, -0.2) is 0 Å². The van der Waals surface area contributed by atoms with Crippen LogP contribution in [0, 0.1) is 5.92 Å². The molecular weight excluding hydrogens is 224 g/mol. The van der Waals surface area contributed by atoms with Gasteiger partial charge in [-0.2, -0.15) is 4.51 Å². The molecule has 86 valence electrons. The van der Waals surface area contributed by atoms with Crippen molar-refractivity contribution in [3.63, 3.8) is 0 Å². The molecule has 1 aliphatic rings. The van der Waals surface area contributed by atoms with Gasteiger partial charge in [-0.1, -0.05) is 30.3 Å². The lowest BCUT2D eigenvalue weighted by Crippen LogP contribution is -2.19. The fourth-order valence-electron chi connectivity index (χ4n) is 2.23. The molecule has 0 bridgehead atoms. The van der Waals surface area contributed by atoms with Crippen LogP contribution in [0.2, 0.25) is 0 Å². The number of hydrogen-bond acceptors (Lipinski definition) is 2. The summed E-state index contributed by atoms with van der Waals surface area (Å²) in [7, 11) is 1.72. The first-order valence-electron chi connectivity index (χ1n) is 5.33. The Labute approximate surface area is 101 Å². The molecular formula is C12H15ClN2O. The summed E-state index contributed by atoms with van der Waals surface area (Å²) in [6.07, 6.45) is 0. The van der Waals surface area contributed by atoms with Gasteiger partial charge in [-0.3, -0.25) is 0 Å². The fraction of sp³-hybridized carbons (Fsp3) is 0.417. The molecule has 4 heteroatoms. The smallest absolute Gasteiger partial charge is 0.124 e. The first kappa shape index (κ1) is 11.4. The number of nitrogens with one attached hydrogen (secondary N) is 1. The second-order valence-electron chi connectivity index (χ2n) is 3.95. The molecule has 1 aliphatic heterocycles. The van der Waals surface area contributed by atoms with Crippen molar-refractivity contribution in [2.45, 2.75) is 5.92 Å². The van der Waals surface area contributed by atoms with Crippen molar-refractivity contribution in [1.29, 1.82) is 0 Å². The van der Waals surface area contributed by atoms with E-state index in [4.69, 9.17) is 16.5 Å². The number of halogens is 1. The second kappa shape index (κ2) is 5.32. The van der Waals surface area contributed by atoms with Gasteiger partial charge in [0, 0.05) is 37.3 Å². The van der Waals surface area contributed by atoms with Crippen LogP contribution < -0.4 is 5.32 Å². The second-order valence-corrected chi connectivity index (χ2v) is 4.12. The maximum Gasteiger partial charge on any atom is 0.124 e. The maximum absolute atomic E-state index is 5.60. The number of nitrogens with zero attached hydrogens (tertiary/aromatic N) is 1. The molecule has 1 aromatic rings. The van der Waals surface area contributed by atoms with E-state index in [9.17, 15) is 0 Å². The third-order valence-corrected chi connectivity index (χ3v) is 3.12. The zero-order valence-electron chi connectivity index (χ0n) is 9.19. The predicted octanol–water partition coefficient (Wildman–Crippen LogP) is 2.19. The summed E-state index contributed by atoms with van der Waals surface area (Å²) >= 11 is 5.60. The Morgan fingerprint density at radius 1 is 1.44 bits per heavy atom. The van der Waals surface area contributed by atoms with Crippen LogP contribution >= 0.6 is 11.8 Å². The minimum atomic E-state index is 0.221. The molecule has 2 atom stereocenters. The number of hydrogen-bond donors (Lipinski definition) is 1. The third-order valence-electron chi connectivity index (χ3n) is 2.94. The maximum atomic E-state index is 5.60. The minimum absolute atomic E-state index is 0.221. The number of ether oxygens (including phenoxy) is 1. The lowest BCUT2D eigenvalue weighted by Gasteiger charge is -2.17. The van der Waals surface area contributed by atoms with Crippen LogP contribution in [0.4, 0.5) is 0 Å². The molecule has 0 spiro atoms. The Morgan fingerprint density at radius 2 is 2.19 bits per heavy atom. The van der Waals surface area contributed by atoms with E-state index < -0.39 is 0 Å². The van der Waals surface area contributed by atoms with E-state index in [0.717, 1.165) is 12.4 Å². The van der Waals surface area contributed by atoms with Crippen LogP contribution in [-0.2, 0) is 4.74 Å². The summed E-state index contributed by atoms with van der Waals surface area (Å²) in [5, 5.41) is 3.23. The summed E-state index contributed by atoms with van der Waals surface area (Å²) in [5.74, 6) is 1.46. The molecule has 1 saturated heterocycles. The van der Waals surface area contributed by atoms with E-state index in [1.165, 1.54) is 5.56 Å². The predicted molar refractivity (Wildman–Crippen MR) is 65.8 cm³/mol. The molecule has 1 aromatic carbocycles. The lowest BCUT2D eigenvalue weighted by molar-refractivity contribution is 0.155. The molecule has 0 aliphatic carbocycles. The normalized spacial score (nSPS) is 27.0. The van der Waals surface area contributed by atoms with Gasteiger partial charge in [-0.05, 0) is 5.56 Å². The van der Waals surface area contributed by atoms with Crippen LogP contribution in [0.1, 0.15) is 11.5 Å². The van der Waals surface area contributed by atoms with Crippen LogP contribution in [0.3, 0.4) is 0 Å². The van der Waals surface area contributed by atoms with Gasteiger partial charge in [0.25, 0.3) is 0 Å². The molecule has 1 fully saturated rings. The lowest BCUT2D eigenvalue weighted by atomic mass is 9.89. The Balaban J connectivity index is 2.26. The van der Waals surface area contributed by atoms with Crippen LogP contribution in [0.5, 0.6) is 0 Å². The monoisotopic (exact) mass is 238 g/mol. The standard InChI is InChI=1S/C12H15ClN2O/c1-16-8-10-7-14-12(15-13)11(10)9-5-3-2-4-6-9/h2-6,10-11H,7-8H2,1H3,(H,14,15)/t10-,11-/m1/s1. The Morgan fingerprint density at radius 3 is 2.81 bits per heavy atom. The Kier molecular flexibility index (Phi) is 3.80. The van der Waals surface area contributed by atoms with Crippen molar-refractivity contribution in [2.24, 2.45) is 10.4 Å². The highest BCUT2D eigenvalue weighted by molar-refractivity contribution is 6.20. The molecule has 0 aromatic heterocycles. The summed E-state index contributed by atoms with van der Waals surface area (Å²) in [4.78, 5) is 0. The Hall–Kier alpha value is -1.06. The molecule has 0 amide bonds.